The summed E-state index contributed by atoms with van der Waals surface area (Å²) in [5.74, 6) is -0.174. The molecule has 0 aliphatic heterocycles. The van der Waals surface area contributed by atoms with E-state index < -0.39 is 4.92 Å². The summed E-state index contributed by atoms with van der Waals surface area (Å²) >= 11 is 5.84. The van der Waals surface area contributed by atoms with Crippen molar-refractivity contribution in [2.24, 2.45) is 0 Å². The summed E-state index contributed by atoms with van der Waals surface area (Å²) in [5.41, 5.74) is 5.65. The average Bonchev–Trinajstić information content (AvgIpc) is 2.26. The lowest BCUT2D eigenvalue weighted by atomic mass is 10.2. The number of anilines is 1. The Bertz CT molecular complexity index is 448. The van der Waals surface area contributed by atoms with Crippen LogP contribution in [-0.2, 0) is 0 Å². The Balaban J connectivity index is 2.95. The maximum atomic E-state index is 10.7. The number of nitrogens with two attached hydrogens (primary N) is 1. The largest absolute Gasteiger partial charge is 0.378 e. The molecule has 0 bridgehead atoms. The summed E-state index contributed by atoms with van der Waals surface area (Å²) in [4.78, 5) is 13.8. The quantitative estimate of drug-likeness (QED) is 0.363. The van der Waals surface area contributed by atoms with Gasteiger partial charge in [-0.1, -0.05) is 23.8 Å². The highest BCUT2D eigenvalue weighted by molar-refractivity contribution is 6.31. The highest BCUT2D eigenvalue weighted by Gasteiger charge is 2.15. The first-order chi connectivity index (χ1) is 8.06. The molecule has 0 aromatic carbocycles. The molecule has 1 aromatic rings. The Labute approximate surface area is 104 Å². The molecule has 17 heavy (non-hydrogen) atoms. The van der Waals surface area contributed by atoms with Gasteiger partial charge >= 0.3 is 5.69 Å². The molecule has 0 unspecified atom stereocenters. The molecule has 7 heteroatoms. The number of nitrogens with one attached hydrogen (secondary N) is 1. The normalized spacial score (nSPS) is 10.9. The van der Waals surface area contributed by atoms with Crippen molar-refractivity contribution in [3.8, 4) is 0 Å². The van der Waals surface area contributed by atoms with Crippen LogP contribution in [0.15, 0.2) is 12.1 Å². The molecule has 0 aliphatic rings. The van der Waals surface area contributed by atoms with E-state index in [1.165, 1.54) is 6.07 Å². The third-order valence-corrected chi connectivity index (χ3v) is 2.37. The molecule has 1 aromatic heterocycles. The van der Waals surface area contributed by atoms with Crippen LogP contribution in [0.5, 0.6) is 0 Å². The van der Waals surface area contributed by atoms with Crippen molar-refractivity contribution in [2.75, 3.05) is 19.3 Å². The Morgan fingerprint density at radius 1 is 1.71 bits per heavy atom. The Morgan fingerprint density at radius 3 is 3.00 bits per heavy atom. The smallest absolute Gasteiger partial charge is 0.311 e. The van der Waals surface area contributed by atoms with Gasteiger partial charge < -0.3 is 11.1 Å². The second-order valence-electron chi connectivity index (χ2n) is 3.32. The van der Waals surface area contributed by atoms with E-state index in [0.29, 0.717) is 5.56 Å². The van der Waals surface area contributed by atoms with Gasteiger partial charge in [0.05, 0.1) is 4.92 Å². The number of halogens is 1. The minimum absolute atomic E-state index is 0.161. The molecule has 0 aliphatic carbocycles. The summed E-state index contributed by atoms with van der Waals surface area (Å²) < 4.78 is 0. The lowest BCUT2D eigenvalue weighted by Crippen LogP contribution is -2.05. The van der Waals surface area contributed by atoms with Crippen LogP contribution < -0.4 is 11.1 Å². The monoisotopic (exact) mass is 256 g/mol. The van der Waals surface area contributed by atoms with Crippen molar-refractivity contribution < 1.29 is 4.92 Å². The predicted molar refractivity (Wildman–Crippen MR) is 67.9 cm³/mol. The van der Waals surface area contributed by atoms with Crippen LogP contribution in [0, 0.1) is 10.1 Å². The number of nitrogen functional groups attached to an aromatic ring is 1. The highest BCUT2D eigenvalue weighted by atomic mass is 35.5. The number of nitrogens with zero attached hydrogens (tertiary/aromatic N) is 2. The molecule has 1 rings (SSSR count). The lowest BCUT2D eigenvalue weighted by Gasteiger charge is -2.01. The fraction of sp³-hybridized carbons (Fsp3) is 0.300. The third kappa shape index (κ3) is 3.69. The zero-order valence-electron chi connectivity index (χ0n) is 9.31. The minimum Gasteiger partial charge on any atom is -0.378 e. The van der Waals surface area contributed by atoms with Crippen LogP contribution >= 0.6 is 11.6 Å². The van der Waals surface area contributed by atoms with Crippen LogP contribution in [0.25, 0.3) is 6.08 Å². The molecule has 92 valence electrons. The van der Waals surface area contributed by atoms with Crippen molar-refractivity contribution in [3.63, 3.8) is 0 Å². The number of hydrogen-bond donors (Lipinski definition) is 2. The van der Waals surface area contributed by atoms with Crippen molar-refractivity contribution in [1.29, 1.82) is 0 Å². The maximum Gasteiger partial charge on any atom is 0.311 e. The van der Waals surface area contributed by atoms with Gasteiger partial charge in [-0.25, -0.2) is 4.98 Å². The van der Waals surface area contributed by atoms with Gasteiger partial charge in [-0.15, -0.1) is 0 Å². The summed E-state index contributed by atoms with van der Waals surface area (Å²) in [6, 6.07) is 1.32. The van der Waals surface area contributed by atoms with Crippen molar-refractivity contribution >= 4 is 29.2 Å². The van der Waals surface area contributed by atoms with Gasteiger partial charge in [0.1, 0.15) is 5.15 Å². The summed E-state index contributed by atoms with van der Waals surface area (Å²) in [6.45, 7) is 0.818. The maximum absolute atomic E-state index is 10.7. The topological polar surface area (TPSA) is 94.1 Å². The van der Waals surface area contributed by atoms with E-state index in [9.17, 15) is 10.1 Å². The lowest BCUT2D eigenvalue weighted by molar-refractivity contribution is -0.384. The average molecular weight is 257 g/mol. The summed E-state index contributed by atoms with van der Waals surface area (Å²) in [5, 5.41) is 13.8. The molecule has 0 spiro atoms. The van der Waals surface area contributed by atoms with Gasteiger partial charge in [0, 0.05) is 11.6 Å². The molecule has 0 saturated carbocycles. The molecule has 0 amide bonds. The van der Waals surface area contributed by atoms with E-state index in [4.69, 9.17) is 17.3 Å². The number of nitro groups is 1. The van der Waals surface area contributed by atoms with E-state index in [-0.39, 0.29) is 16.7 Å². The van der Waals surface area contributed by atoms with Gasteiger partial charge in [-0.05, 0) is 20.0 Å². The van der Waals surface area contributed by atoms with Crippen LogP contribution in [0.3, 0.4) is 0 Å². The first-order valence-corrected chi connectivity index (χ1v) is 5.35. The second kappa shape index (κ2) is 6.17. The molecule has 6 nitrogen and oxygen atoms in total. The highest BCUT2D eigenvalue weighted by Crippen LogP contribution is 2.26. The van der Waals surface area contributed by atoms with Gasteiger partial charge in [-0.3, -0.25) is 10.1 Å². The second-order valence-corrected chi connectivity index (χ2v) is 3.68. The van der Waals surface area contributed by atoms with Crippen LogP contribution in [-0.4, -0.2) is 23.5 Å². The van der Waals surface area contributed by atoms with Crippen LogP contribution in [0.2, 0.25) is 5.15 Å². The summed E-state index contributed by atoms with van der Waals surface area (Å²) in [7, 11) is 1.84. The number of aromatic nitrogens is 1. The SMILES string of the molecule is CNCCC=Cc1cc([N+](=O)[O-])c(N)nc1Cl. The van der Waals surface area contributed by atoms with Gasteiger partial charge in [0.25, 0.3) is 0 Å². The van der Waals surface area contributed by atoms with Gasteiger partial charge in [0.2, 0.25) is 5.82 Å². The minimum atomic E-state index is -0.580. The van der Waals surface area contributed by atoms with E-state index in [2.05, 4.69) is 10.3 Å². The Hall–Kier alpha value is -1.66. The summed E-state index contributed by atoms with van der Waals surface area (Å²) in [6.07, 6.45) is 4.35. The third-order valence-electron chi connectivity index (χ3n) is 2.07. The van der Waals surface area contributed by atoms with Crippen molar-refractivity contribution in [1.82, 2.24) is 10.3 Å². The molecule has 0 saturated heterocycles. The molecule has 1 heterocycles. The molecular formula is C10H13ClN4O2. The fourth-order valence-electron chi connectivity index (χ4n) is 1.21. The van der Waals surface area contributed by atoms with Crippen LogP contribution in [0.4, 0.5) is 11.5 Å². The molecule has 0 atom stereocenters. The first kappa shape index (κ1) is 13.4. The molecule has 3 N–H and O–H groups in total. The van der Waals surface area contributed by atoms with Crippen LogP contribution in [0.1, 0.15) is 12.0 Å². The number of rotatable bonds is 5. The van der Waals surface area contributed by atoms with E-state index in [0.717, 1.165) is 13.0 Å². The van der Waals surface area contributed by atoms with E-state index in [1.54, 1.807) is 6.08 Å². The Morgan fingerprint density at radius 2 is 2.41 bits per heavy atom. The van der Waals surface area contributed by atoms with E-state index >= 15 is 0 Å². The number of pyridine rings is 1. The first-order valence-electron chi connectivity index (χ1n) is 4.97. The predicted octanol–water partition coefficient (Wildman–Crippen LogP) is 1.85. The van der Waals surface area contributed by atoms with Gasteiger partial charge in [0.15, 0.2) is 0 Å². The Kier molecular flexibility index (Phi) is 4.86. The fourth-order valence-corrected chi connectivity index (χ4v) is 1.42. The molecule has 0 fully saturated rings. The van der Waals surface area contributed by atoms with Crippen molar-refractivity contribution in [2.45, 2.75) is 6.42 Å². The van der Waals surface area contributed by atoms with Crippen molar-refractivity contribution in [3.05, 3.63) is 33.0 Å². The zero-order valence-corrected chi connectivity index (χ0v) is 10.1. The molecular weight excluding hydrogens is 244 g/mol. The standard InChI is InChI=1S/C10H13ClN4O2/c1-13-5-3-2-4-7-6-8(15(16)17)10(12)14-9(7)11/h2,4,6,13H,3,5H2,1H3,(H2,12,14). The molecule has 0 radical (unpaired) electrons. The number of hydrogen-bond acceptors (Lipinski definition) is 5. The van der Waals surface area contributed by atoms with Gasteiger partial charge in [-0.2, -0.15) is 0 Å². The zero-order chi connectivity index (χ0) is 12.8. The van der Waals surface area contributed by atoms with E-state index in [1.807, 2.05) is 13.1 Å².